The van der Waals surface area contributed by atoms with Crippen molar-refractivity contribution in [2.75, 3.05) is 88.5 Å². The smallest absolute Gasteiger partial charge is 0.409 e. The number of imide groups is 1. The van der Waals surface area contributed by atoms with Crippen LogP contribution in [0.3, 0.4) is 0 Å². The second-order valence-corrected chi connectivity index (χ2v) is 22.5. The number of phenols is 1. The Morgan fingerprint density at radius 2 is 1.66 bits per heavy atom. The molecule has 0 spiro atoms. The van der Waals surface area contributed by atoms with Crippen LogP contribution >= 0.6 is 0 Å². The molecule has 3 N–H and O–H groups in total. The van der Waals surface area contributed by atoms with Crippen LogP contribution in [0.25, 0.3) is 44.0 Å². The van der Waals surface area contributed by atoms with Gasteiger partial charge in [0.2, 0.25) is 11.8 Å². The van der Waals surface area contributed by atoms with Crippen molar-refractivity contribution in [3.05, 3.63) is 76.8 Å². The molecule has 6 aliphatic rings. The van der Waals surface area contributed by atoms with E-state index in [4.69, 9.17) is 14.5 Å². The molecule has 6 aliphatic heterocycles. The number of imidazole rings is 1. The fraction of sp³-hybridized carbons (Fsp3) is 0.518. The van der Waals surface area contributed by atoms with Crippen molar-refractivity contribution in [3.63, 3.8) is 0 Å². The zero-order chi connectivity index (χ0) is 53.3. The standard InChI is InChI=1S/C56H65F2N11O8/c1-55(75)14-3-17-67(32-55)50-42-29-59-48(41-28-39(70)25-35-5-6-36(57)26-40(35)41)47(58)49(42)61-52(62-50)77-33-56-15-4-18-68(56)38(11-16-56)31-76-54(74)66-23-21-64(22-24-66)30-34-12-19-65(20-13-34)37-7-8-43-45(27-37)63(2)53(73)69(43)44-9-10-46(71)60-51(44)72/h5-8,25-29,34,38,44,70,75H,3-4,9-24,30-33H2,1-2H3,(H,60,71,72)/t38-,44?,55+,56-/m0/s1. The summed E-state index contributed by atoms with van der Waals surface area (Å²) in [5.41, 5.74) is 0.869. The van der Waals surface area contributed by atoms with Gasteiger partial charge in [-0.25, -0.2) is 18.4 Å². The molecular weight excluding hydrogens is 993 g/mol. The van der Waals surface area contributed by atoms with Gasteiger partial charge in [0.1, 0.15) is 47.9 Å². The molecule has 0 saturated carbocycles. The number of rotatable bonds is 11. The number of nitrogens with zero attached hydrogens (tertiary/aromatic N) is 10. The van der Waals surface area contributed by atoms with Crippen LogP contribution in [0.15, 0.2) is 59.5 Å². The number of halogens is 2. The first-order chi connectivity index (χ1) is 37.1. The van der Waals surface area contributed by atoms with Crippen molar-refractivity contribution in [2.45, 2.75) is 94.4 Å². The number of anilines is 2. The molecule has 0 aliphatic carbocycles. The van der Waals surface area contributed by atoms with Crippen LogP contribution in [0.1, 0.15) is 77.2 Å². The Bertz CT molecular complexity index is 3370. The molecule has 4 atom stereocenters. The van der Waals surface area contributed by atoms with E-state index in [2.05, 4.69) is 30.0 Å². The third kappa shape index (κ3) is 9.68. The second kappa shape index (κ2) is 20.1. The summed E-state index contributed by atoms with van der Waals surface area (Å²) in [6.07, 6.45) is 8.40. The number of phenolic OH excluding ortho intramolecular Hbond substituents is 1. The molecule has 12 rings (SSSR count). The van der Waals surface area contributed by atoms with Crippen LogP contribution in [0, 0.1) is 17.6 Å². The van der Waals surface area contributed by atoms with Gasteiger partial charge in [-0.05, 0) is 130 Å². The van der Waals surface area contributed by atoms with Crippen LogP contribution in [-0.4, -0.2) is 163 Å². The number of hydrogen-bond donors (Lipinski definition) is 3. The Kier molecular flexibility index (Phi) is 13.3. The quantitative estimate of drug-likeness (QED) is 0.130. The maximum Gasteiger partial charge on any atom is 0.409 e. The minimum Gasteiger partial charge on any atom is -0.508 e. The second-order valence-electron chi connectivity index (χ2n) is 22.5. The number of piperidine rings is 3. The number of ether oxygens (including phenoxy) is 2. The number of benzene rings is 3. The summed E-state index contributed by atoms with van der Waals surface area (Å²) in [5, 5.41) is 25.3. The maximum atomic E-state index is 17.0. The Labute approximate surface area is 443 Å². The molecule has 0 radical (unpaired) electrons. The Balaban J connectivity index is 0.655. The number of nitrogens with one attached hydrogen (secondary N) is 1. The fourth-order valence-electron chi connectivity index (χ4n) is 13.3. The van der Waals surface area contributed by atoms with Gasteiger partial charge in [-0.2, -0.15) is 9.97 Å². The summed E-state index contributed by atoms with van der Waals surface area (Å²) in [6, 6.07) is 12.1. The average Bonchev–Trinajstić information content (AvgIpc) is 4.09. The van der Waals surface area contributed by atoms with E-state index in [1.165, 1.54) is 41.1 Å². The first-order valence-electron chi connectivity index (χ1n) is 27.2. The average molecular weight is 1060 g/mol. The monoisotopic (exact) mass is 1060 g/mol. The van der Waals surface area contributed by atoms with E-state index in [1.807, 2.05) is 28.0 Å². The van der Waals surface area contributed by atoms with Crippen LogP contribution < -0.4 is 25.5 Å². The lowest BCUT2D eigenvalue weighted by molar-refractivity contribution is -0.135. The Morgan fingerprint density at radius 1 is 0.857 bits per heavy atom. The Morgan fingerprint density at radius 3 is 2.45 bits per heavy atom. The number of aromatic nitrogens is 5. The predicted molar refractivity (Wildman–Crippen MR) is 284 cm³/mol. The van der Waals surface area contributed by atoms with E-state index in [9.17, 15) is 33.8 Å². The number of piperazine rings is 1. The third-order valence-electron chi connectivity index (χ3n) is 17.4. The lowest BCUT2D eigenvalue weighted by Crippen LogP contribution is -2.51. The number of fused-ring (bicyclic) bond motifs is 4. The minimum atomic E-state index is -1.00. The Hall–Kier alpha value is -6.97. The van der Waals surface area contributed by atoms with Crippen LogP contribution in [0.5, 0.6) is 11.8 Å². The number of β-amino-alcohol motifs (C(OH)–C–C–N with tert-alkyl or cyclic N) is 1. The van der Waals surface area contributed by atoms with Crippen LogP contribution in [0.4, 0.5) is 25.1 Å². The van der Waals surface area contributed by atoms with Gasteiger partial charge >= 0.3 is 17.8 Å². The number of aliphatic hydroxyl groups is 1. The predicted octanol–water partition coefficient (Wildman–Crippen LogP) is 5.86. The normalized spacial score (nSPS) is 24.8. The molecular formula is C56H65F2N11O8. The largest absolute Gasteiger partial charge is 0.508 e. The summed E-state index contributed by atoms with van der Waals surface area (Å²) in [4.78, 5) is 76.3. The molecule has 6 saturated heterocycles. The summed E-state index contributed by atoms with van der Waals surface area (Å²) >= 11 is 0. The van der Waals surface area contributed by atoms with E-state index in [0.717, 1.165) is 89.0 Å². The lowest BCUT2D eigenvalue weighted by atomic mass is 9.95. The van der Waals surface area contributed by atoms with Gasteiger partial charge in [0, 0.05) is 95.9 Å². The molecule has 77 heavy (non-hydrogen) atoms. The third-order valence-corrected chi connectivity index (χ3v) is 17.4. The number of hydrogen-bond acceptors (Lipinski definition) is 15. The summed E-state index contributed by atoms with van der Waals surface area (Å²) in [7, 11) is 1.72. The molecule has 1 unspecified atom stereocenters. The SMILES string of the molecule is Cn1c(=O)n(C2CCC(=O)NC2=O)c2ccc(N3CCC(CN4CCN(C(=O)OC[C@@H]5CC[C@]6(COc7nc(N8CCC[C@@](C)(O)C8)c8cnc(-c9cc(O)cc%10ccc(F)cc9%10)c(F)c8n7)CCCN56)CC4)CC3)cc21. The van der Waals surface area contributed by atoms with Crippen molar-refractivity contribution in [2.24, 2.45) is 13.0 Å². The number of amides is 3. The molecule has 6 fully saturated rings. The van der Waals surface area contributed by atoms with Crippen molar-refractivity contribution < 1.29 is 42.9 Å². The number of aromatic hydroxyl groups is 1. The minimum absolute atomic E-state index is 0.00151. The van der Waals surface area contributed by atoms with Crippen LogP contribution in [0.2, 0.25) is 0 Å². The first kappa shape index (κ1) is 50.8. The zero-order valence-electron chi connectivity index (χ0n) is 43.6. The van der Waals surface area contributed by atoms with Gasteiger partial charge in [0.25, 0.3) is 0 Å². The highest BCUT2D eigenvalue weighted by atomic mass is 19.1. The van der Waals surface area contributed by atoms with Gasteiger partial charge in [-0.1, -0.05) is 6.07 Å². The maximum absolute atomic E-state index is 17.0. The van der Waals surface area contributed by atoms with Gasteiger partial charge in [-0.3, -0.25) is 38.8 Å². The van der Waals surface area contributed by atoms with E-state index in [0.29, 0.717) is 72.3 Å². The van der Waals surface area contributed by atoms with E-state index in [-0.39, 0.29) is 84.0 Å². The summed E-state index contributed by atoms with van der Waals surface area (Å²) < 4.78 is 47.2. The van der Waals surface area contributed by atoms with Crippen molar-refractivity contribution in [1.29, 1.82) is 0 Å². The lowest BCUT2D eigenvalue weighted by Gasteiger charge is -2.39. The molecule has 3 aromatic heterocycles. The van der Waals surface area contributed by atoms with Gasteiger partial charge < -0.3 is 34.4 Å². The molecule has 0 bridgehead atoms. The number of aryl methyl sites for hydroxylation is 1. The number of pyridine rings is 1. The molecule has 21 heteroatoms. The molecule has 3 aromatic carbocycles. The number of carbonyl (C=O) groups excluding carboxylic acids is 3. The molecule has 19 nitrogen and oxygen atoms in total. The highest BCUT2D eigenvalue weighted by molar-refractivity contribution is 6.01. The highest BCUT2D eigenvalue weighted by Gasteiger charge is 2.50. The molecule has 3 amide bonds. The van der Waals surface area contributed by atoms with Crippen molar-refractivity contribution in [1.82, 2.24) is 44.1 Å². The first-order valence-corrected chi connectivity index (χ1v) is 27.2. The molecule has 9 heterocycles. The van der Waals surface area contributed by atoms with Gasteiger partial charge in [0.15, 0.2) is 5.82 Å². The van der Waals surface area contributed by atoms with Gasteiger partial charge in [-0.15, -0.1) is 0 Å². The number of carbonyl (C=O) groups is 3. The molecule has 6 aromatic rings. The van der Waals surface area contributed by atoms with E-state index < -0.39 is 29.2 Å². The van der Waals surface area contributed by atoms with E-state index >= 15 is 4.39 Å². The summed E-state index contributed by atoms with van der Waals surface area (Å²) in [6.45, 7) is 9.32. The highest BCUT2D eigenvalue weighted by Crippen LogP contribution is 2.44. The summed E-state index contributed by atoms with van der Waals surface area (Å²) in [5.74, 6) is -1.27. The molecule has 406 valence electrons. The van der Waals surface area contributed by atoms with Gasteiger partial charge in [0.05, 0.1) is 27.6 Å². The van der Waals surface area contributed by atoms with Crippen LogP contribution in [-0.2, 0) is 21.4 Å². The van der Waals surface area contributed by atoms with Crippen molar-refractivity contribution >= 4 is 62.1 Å². The topological polar surface area (TPSA) is 204 Å². The fourth-order valence-corrected chi connectivity index (χ4v) is 13.3. The van der Waals surface area contributed by atoms with E-state index in [1.54, 1.807) is 18.5 Å². The van der Waals surface area contributed by atoms with Crippen molar-refractivity contribution in [3.8, 4) is 23.0 Å². The zero-order valence-corrected chi connectivity index (χ0v) is 43.6.